The Morgan fingerprint density at radius 2 is 2.42 bits per heavy atom. The molecule has 6 heteroatoms. The lowest BCUT2D eigenvalue weighted by atomic mass is 10.4. The van der Waals surface area contributed by atoms with E-state index in [0.717, 1.165) is 10.6 Å². The summed E-state index contributed by atoms with van der Waals surface area (Å²) in [5, 5.41) is 3.76. The highest BCUT2D eigenvalue weighted by Crippen LogP contribution is 2.10. The fraction of sp³-hybridized carbons (Fsp3) is 0.500. The third kappa shape index (κ3) is 2.16. The molecule has 0 radical (unpaired) electrons. The van der Waals surface area contributed by atoms with Crippen molar-refractivity contribution in [3.63, 3.8) is 0 Å². The van der Waals surface area contributed by atoms with E-state index in [1.165, 1.54) is 18.6 Å². The van der Waals surface area contributed by atoms with Crippen LogP contribution in [0.5, 0.6) is 0 Å². The van der Waals surface area contributed by atoms with E-state index < -0.39 is 6.16 Å². The van der Waals surface area contributed by atoms with Gasteiger partial charge in [-0.2, -0.15) is 0 Å². The zero-order valence-corrected chi connectivity index (χ0v) is 7.55. The average Bonchev–Trinajstić information content (AvgIpc) is 2.47. The Bertz CT molecular complexity index is 274. The van der Waals surface area contributed by atoms with Crippen LogP contribution in [0.2, 0.25) is 0 Å². The Labute approximate surface area is 73.5 Å². The minimum Gasteiger partial charge on any atom is -0.438 e. The molecule has 0 aliphatic heterocycles. The lowest BCUT2D eigenvalue weighted by molar-refractivity contribution is 0.0675. The van der Waals surface area contributed by atoms with E-state index in [0.29, 0.717) is 0 Å². The van der Waals surface area contributed by atoms with Crippen molar-refractivity contribution >= 4 is 17.7 Å². The Morgan fingerprint density at radius 1 is 1.67 bits per heavy atom. The van der Waals surface area contributed by atoms with E-state index in [-0.39, 0.29) is 6.61 Å². The summed E-state index contributed by atoms with van der Waals surface area (Å²) in [6.45, 7) is 1.98. The van der Waals surface area contributed by atoms with Crippen LogP contribution in [0.3, 0.4) is 0 Å². The van der Waals surface area contributed by atoms with E-state index in [2.05, 4.69) is 19.1 Å². The zero-order chi connectivity index (χ0) is 8.97. The second kappa shape index (κ2) is 4.01. The summed E-state index contributed by atoms with van der Waals surface area (Å²) in [6, 6.07) is 0. The van der Waals surface area contributed by atoms with Crippen molar-refractivity contribution in [1.29, 1.82) is 0 Å². The number of carbonyl (C=O) groups excluding carboxylic acids is 1. The SMILES string of the molecule is COC(=O)OCc1snnc1C. The normalized spacial score (nSPS) is 9.50. The summed E-state index contributed by atoms with van der Waals surface area (Å²) in [5.41, 5.74) is 0.781. The number of aromatic nitrogens is 2. The fourth-order valence-corrected chi connectivity index (χ4v) is 1.11. The highest BCUT2D eigenvalue weighted by atomic mass is 32.1. The van der Waals surface area contributed by atoms with Crippen molar-refractivity contribution in [2.45, 2.75) is 13.5 Å². The van der Waals surface area contributed by atoms with Crippen LogP contribution in [0.4, 0.5) is 4.79 Å². The van der Waals surface area contributed by atoms with Crippen LogP contribution in [0.15, 0.2) is 0 Å². The molecule has 1 rings (SSSR count). The van der Waals surface area contributed by atoms with Gasteiger partial charge in [0.1, 0.15) is 6.61 Å². The topological polar surface area (TPSA) is 61.3 Å². The summed E-state index contributed by atoms with van der Waals surface area (Å²) in [6.07, 6.45) is -0.692. The largest absolute Gasteiger partial charge is 0.508 e. The van der Waals surface area contributed by atoms with E-state index >= 15 is 0 Å². The van der Waals surface area contributed by atoms with E-state index in [1.54, 1.807) is 6.92 Å². The number of nitrogens with zero attached hydrogens (tertiary/aromatic N) is 2. The first-order valence-corrected chi connectivity index (χ1v) is 4.00. The number of hydrogen-bond acceptors (Lipinski definition) is 6. The van der Waals surface area contributed by atoms with Gasteiger partial charge in [-0.25, -0.2) is 4.79 Å². The maximum atomic E-state index is 10.5. The monoisotopic (exact) mass is 188 g/mol. The van der Waals surface area contributed by atoms with Crippen molar-refractivity contribution in [3.05, 3.63) is 10.6 Å². The van der Waals surface area contributed by atoms with Gasteiger partial charge in [-0.05, 0) is 18.5 Å². The third-order valence-electron chi connectivity index (χ3n) is 1.23. The first-order chi connectivity index (χ1) is 5.74. The molecule has 0 fully saturated rings. The quantitative estimate of drug-likeness (QED) is 0.651. The Kier molecular flexibility index (Phi) is 2.98. The molecule has 1 aromatic rings. The predicted octanol–water partition coefficient (Wildman–Crippen LogP) is 1.13. The molecule has 0 atom stereocenters. The number of rotatable bonds is 2. The van der Waals surface area contributed by atoms with Gasteiger partial charge in [-0.15, -0.1) is 5.10 Å². The van der Waals surface area contributed by atoms with Crippen LogP contribution < -0.4 is 0 Å². The van der Waals surface area contributed by atoms with Crippen LogP contribution in [0.1, 0.15) is 10.6 Å². The molecule has 0 aliphatic rings. The van der Waals surface area contributed by atoms with Gasteiger partial charge in [0.15, 0.2) is 0 Å². The second-order valence-corrected chi connectivity index (χ2v) is 2.86. The Morgan fingerprint density at radius 3 is 2.92 bits per heavy atom. The number of methoxy groups -OCH3 is 1. The first kappa shape index (κ1) is 8.92. The van der Waals surface area contributed by atoms with Crippen LogP contribution in [0.25, 0.3) is 0 Å². The van der Waals surface area contributed by atoms with Crippen molar-refractivity contribution in [2.24, 2.45) is 0 Å². The van der Waals surface area contributed by atoms with Gasteiger partial charge >= 0.3 is 6.16 Å². The van der Waals surface area contributed by atoms with Crippen LogP contribution in [-0.4, -0.2) is 22.9 Å². The average molecular weight is 188 g/mol. The predicted molar refractivity (Wildman–Crippen MR) is 41.8 cm³/mol. The second-order valence-electron chi connectivity index (χ2n) is 2.02. The molecule has 0 saturated heterocycles. The molecular formula is C6H8N2O3S. The Balaban J connectivity index is 2.43. The third-order valence-corrected chi connectivity index (χ3v) is 2.03. The van der Waals surface area contributed by atoms with E-state index in [4.69, 9.17) is 0 Å². The molecule has 1 aromatic heterocycles. The molecule has 0 spiro atoms. The number of hydrogen-bond donors (Lipinski definition) is 0. The number of ether oxygens (including phenoxy) is 2. The van der Waals surface area contributed by atoms with Crippen LogP contribution in [-0.2, 0) is 16.1 Å². The maximum Gasteiger partial charge on any atom is 0.508 e. The molecular weight excluding hydrogens is 180 g/mol. The fourth-order valence-electron chi connectivity index (χ4n) is 0.567. The van der Waals surface area contributed by atoms with Gasteiger partial charge in [0.2, 0.25) is 0 Å². The Hall–Kier alpha value is -1.17. The highest BCUT2D eigenvalue weighted by molar-refractivity contribution is 7.05. The number of aryl methyl sites for hydroxylation is 1. The molecule has 0 saturated carbocycles. The molecule has 0 amide bonds. The summed E-state index contributed by atoms with van der Waals surface area (Å²) >= 11 is 1.21. The minimum atomic E-state index is -0.692. The first-order valence-electron chi connectivity index (χ1n) is 3.22. The van der Waals surface area contributed by atoms with Crippen molar-refractivity contribution in [1.82, 2.24) is 9.59 Å². The molecule has 66 valence electrons. The van der Waals surface area contributed by atoms with Crippen LogP contribution in [0, 0.1) is 6.92 Å². The smallest absolute Gasteiger partial charge is 0.438 e. The lowest BCUT2D eigenvalue weighted by Crippen LogP contribution is -2.03. The summed E-state index contributed by atoms with van der Waals surface area (Å²) in [7, 11) is 1.26. The molecule has 0 aromatic carbocycles. The zero-order valence-electron chi connectivity index (χ0n) is 6.73. The van der Waals surface area contributed by atoms with Gasteiger partial charge in [0.25, 0.3) is 0 Å². The highest BCUT2D eigenvalue weighted by Gasteiger charge is 2.06. The van der Waals surface area contributed by atoms with Crippen LogP contribution >= 0.6 is 11.5 Å². The van der Waals surface area contributed by atoms with Crippen molar-refractivity contribution < 1.29 is 14.3 Å². The molecule has 5 nitrogen and oxygen atoms in total. The molecule has 0 N–H and O–H groups in total. The van der Waals surface area contributed by atoms with Gasteiger partial charge in [-0.1, -0.05) is 4.49 Å². The van der Waals surface area contributed by atoms with Gasteiger partial charge in [0.05, 0.1) is 17.7 Å². The molecule has 0 bridgehead atoms. The van der Waals surface area contributed by atoms with Crippen molar-refractivity contribution in [3.8, 4) is 0 Å². The summed E-state index contributed by atoms with van der Waals surface area (Å²) < 4.78 is 12.7. The van der Waals surface area contributed by atoms with E-state index in [9.17, 15) is 4.79 Å². The summed E-state index contributed by atoms with van der Waals surface area (Å²) in [5.74, 6) is 0. The molecule has 0 unspecified atom stereocenters. The number of carbonyl (C=O) groups is 1. The van der Waals surface area contributed by atoms with Crippen molar-refractivity contribution in [2.75, 3.05) is 7.11 Å². The maximum absolute atomic E-state index is 10.5. The van der Waals surface area contributed by atoms with Gasteiger partial charge < -0.3 is 9.47 Å². The van der Waals surface area contributed by atoms with Gasteiger partial charge in [-0.3, -0.25) is 0 Å². The minimum absolute atomic E-state index is 0.177. The van der Waals surface area contributed by atoms with Gasteiger partial charge in [0, 0.05) is 0 Å². The molecule has 12 heavy (non-hydrogen) atoms. The standard InChI is InChI=1S/C6H8N2O3S/c1-4-5(12-8-7-4)3-11-6(9)10-2/h3H2,1-2H3. The molecule has 0 aliphatic carbocycles. The molecule has 1 heterocycles. The van der Waals surface area contributed by atoms with E-state index in [1.807, 2.05) is 0 Å². The lowest BCUT2D eigenvalue weighted by Gasteiger charge is -1.99. The summed E-state index contributed by atoms with van der Waals surface area (Å²) in [4.78, 5) is 11.4.